The van der Waals surface area contributed by atoms with Crippen molar-refractivity contribution >= 4 is 45.7 Å². The number of nitrogens with one attached hydrogen (secondary N) is 1. The van der Waals surface area contributed by atoms with Gasteiger partial charge in [0.1, 0.15) is 0 Å². The predicted octanol–water partition coefficient (Wildman–Crippen LogP) is 3.24. The molecule has 2 heterocycles. The zero-order chi connectivity index (χ0) is 15.4. The highest BCUT2D eigenvalue weighted by Gasteiger charge is 2.12. The quantitative estimate of drug-likeness (QED) is 0.562. The van der Waals surface area contributed by atoms with Gasteiger partial charge in [0.15, 0.2) is 10.0 Å². The van der Waals surface area contributed by atoms with Crippen molar-refractivity contribution in [2.24, 2.45) is 0 Å². The molecular formula is C13H11N5OS3. The second-order valence-electron chi connectivity index (χ2n) is 4.40. The van der Waals surface area contributed by atoms with Crippen LogP contribution in [0.2, 0.25) is 0 Å². The highest BCUT2D eigenvalue weighted by atomic mass is 32.2. The summed E-state index contributed by atoms with van der Waals surface area (Å²) in [4.78, 5) is 11.8. The Hall–Kier alpha value is -1.84. The molecule has 1 aromatic carbocycles. The first-order chi connectivity index (χ1) is 10.7. The maximum atomic E-state index is 11.8. The molecule has 3 rings (SSSR count). The van der Waals surface area contributed by atoms with Crippen molar-refractivity contribution in [3.05, 3.63) is 46.5 Å². The van der Waals surface area contributed by atoms with Crippen molar-refractivity contribution in [1.82, 2.24) is 19.8 Å². The van der Waals surface area contributed by atoms with E-state index >= 15 is 0 Å². The summed E-state index contributed by atoms with van der Waals surface area (Å²) in [7, 11) is 0. The van der Waals surface area contributed by atoms with Crippen LogP contribution >= 0.6 is 34.6 Å². The third-order valence-corrected chi connectivity index (χ3v) is 5.21. The van der Waals surface area contributed by atoms with Crippen molar-refractivity contribution in [2.75, 3.05) is 5.32 Å². The first-order valence-electron chi connectivity index (χ1n) is 6.31. The monoisotopic (exact) mass is 349 g/mol. The van der Waals surface area contributed by atoms with Crippen LogP contribution in [0.1, 0.15) is 21.6 Å². The molecule has 0 aliphatic rings. The molecule has 2 aromatic heterocycles. The molecule has 0 unspecified atom stereocenters. The largest absolute Gasteiger partial charge is 0.295 e. The number of amides is 1. The number of aromatic nitrogens is 4. The van der Waals surface area contributed by atoms with Gasteiger partial charge in [-0.15, -0.1) is 15.3 Å². The lowest BCUT2D eigenvalue weighted by atomic mass is 10.2. The molecule has 0 saturated heterocycles. The topological polar surface area (TPSA) is 80.7 Å². The fourth-order valence-electron chi connectivity index (χ4n) is 1.69. The number of carbonyl (C=O) groups is 1. The molecular weight excluding hydrogens is 338 g/mol. The lowest BCUT2D eigenvalue weighted by molar-refractivity contribution is 0.102. The van der Waals surface area contributed by atoms with Gasteiger partial charge in [0.05, 0.1) is 0 Å². The van der Waals surface area contributed by atoms with Crippen molar-refractivity contribution in [3.8, 4) is 0 Å². The molecule has 0 aliphatic carbocycles. The molecule has 0 atom stereocenters. The van der Waals surface area contributed by atoms with Gasteiger partial charge < -0.3 is 0 Å². The summed E-state index contributed by atoms with van der Waals surface area (Å²) < 4.78 is 4.47. The molecule has 0 aliphatic heterocycles. The predicted molar refractivity (Wildman–Crippen MR) is 88.5 cm³/mol. The molecule has 1 N–H and O–H groups in total. The number of rotatable bonds is 5. The van der Waals surface area contributed by atoms with Crippen LogP contribution in [0.3, 0.4) is 0 Å². The summed E-state index contributed by atoms with van der Waals surface area (Å²) >= 11 is 4.07. The molecule has 22 heavy (non-hydrogen) atoms. The lowest BCUT2D eigenvalue weighted by Crippen LogP contribution is -2.12. The van der Waals surface area contributed by atoms with Gasteiger partial charge in [-0.3, -0.25) is 10.1 Å². The van der Waals surface area contributed by atoms with Crippen LogP contribution in [0, 0.1) is 6.92 Å². The van der Waals surface area contributed by atoms with Gasteiger partial charge in [-0.25, -0.2) is 0 Å². The number of aryl methyl sites for hydroxylation is 1. The number of hydrogen-bond acceptors (Lipinski definition) is 8. The van der Waals surface area contributed by atoms with Crippen LogP contribution in [-0.2, 0) is 5.75 Å². The highest BCUT2D eigenvalue weighted by molar-refractivity contribution is 8.00. The zero-order valence-corrected chi connectivity index (χ0v) is 14.0. The molecule has 9 heteroatoms. The Morgan fingerprint density at radius 2 is 2.23 bits per heavy atom. The van der Waals surface area contributed by atoms with Crippen LogP contribution < -0.4 is 5.32 Å². The van der Waals surface area contributed by atoms with Crippen molar-refractivity contribution in [3.63, 3.8) is 0 Å². The minimum atomic E-state index is -0.319. The zero-order valence-electron chi connectivity index (χ0n) is 11.5. The smallest absolute Gasteiger partial charge is 0.278 e. The number of hydrogen-bond donors (Lipinski definition) is 1. The first-order valence-corrected chi connectivity index (χ1v) is 8.95. The highest BCUT2D eigenvalue weighted by Crippen LogP contribution is 2.28. The number of anilines is 1. The summed E-state index contributed by atoms with van der Waals surface area (Å²) in [6, 6.07) is 8.34. The van der Waals surface area contributed by atoms with E-state index in [1.807, 2.05) is 6.07 Å². The van der Waals surface area contributed by atoms with E-state index < -0.39 is 0 Å². The summed E-state index contributed by atoms with van der Waals surface area (Å²) in [5.41, 5.74) is 2.76. The normalized spacial score (nSPS) is 10.6. The molecule has 112 valence electrons. The summed E-state index contributed by atoms with van der Waals surface area (Å²) in [5.74, 6) is 0.500. The van der Waals surface area contributed by atoms with E-state index in [1.165, 1.54) is 22.5 Å². The first kappa shape index (κ1) is 15.1. The second-order valence-corrected chi connectivity index (χ2v) is 7.20. The molecule has 3 aromatic rings. The Kier molecular flexibility index (Phi) is 4.76. The van der Waals surface area contributed by atoms with Gasteiger partial charge in [0, 0.05) is 11.1 Å². The second kappa shape index (κ2) is 6.95. The van der Waals surface area contributed by atoms with Gasteiger partial charge in [-0.1, -0.05) is 57.4 Å². The average molecular weight is 349 g/mol. The van der Waals surface area contributed by atoms with Gasteiger partial charge in [-0.2, -0.15) is 0 Å². The average Bonchev–Trinajstić information content (AvgIpc) is 3.17. The van der Waals surface area contributed by atoms with Crippen LogP contribution in [-0.4, -0.2) is 25.7 Å². The van der Waals surface area contributed by atoms with E-state index in [0.717, 1.165) is 21.6 Å². The Bertz CT molecular complexity index is 772. The van der Waals surface area contributed by atoms with E-state index in [-0.39, 0.29) is 11.6 Å². The van der Waals surface area contributed by atoms with Crippen LogP contribution in [0.4, 0.5) is 5.13 Å². The summed E-state index contributed by atoms with van der Waals surface area (Å²) in [5, 5.41) is 16.5. The van der Waals surface area contributed by atoms with Crippen molar-refractivity contribution in [2.45, 2.75) is 17.0 Å². The fourth-order valence-corrected chi connectivity index (χ4v) is 3.82. The molecule has 0 saturated carbocycles. The molecule has 0 radical (unpaired) electrons. The van der Waals surface area contributed by atoms with Gasteiger partial charge in [-0.05, 0) is 24.0 Å². The third kappa shape index (κ3) is 3.87. The SMILES string of the molecule is Cc1cccc(CSc2nnc(NC(=O)c3csnn3)s2)c1. The van der Waals surface area contributed by atoms with E-state index in [4.69, 9.17) is 0 Å². The number of nitrogens with zero attached hydrogens (tertiary/aromatic N) is 4. The molecule has 0 fully saturated rings. The Labute approximate surface area is 139 Å². The standard InChI is InChI=1S/C13H11N5OS3/c1-8-3-2-4-9(5-8)6-20-13-17-16-12(22-13)14-11(19)10-7-21-18-15-10/h2-5,7H,6H2,1H3,(H,14,16,19). The van der Waals surface area contributed by atoms with Gasteiger partial charge in [0.2, 0.25) is 5.13 Å². The minimum absolute atomic E-state index is 0.286. The lowest BCUT2D eigenvalue weighted by Gasteiger charge is -1.99. The van der Waals surface area contributed by atoms with Crippen molar-refractivity contribution < 1.29 is 4.79 Å². The van der Waals surface area contributed by atoms with E-state index in [1.54, 1.807) is 17.1 Å². The number of thioether (sulfide) groups is 1. The van der Waals surface area contributed by atoms with Crippen LogP contribution in [0.5, 0.6) is 0 Å². The van der Waals surface area contributed by atoms with E-state index in [2.05, 4.69) is 50.2 Å². The van der Waals surface area contributed by atoms with Gasteiger partial charge >= 0.3 is 0 Å². The molecule has 6 nitrogen and oxygen atoms in total. The maximum Gasteiger partial charge on any atom is 0.278 e. The van der Waals surface area contributed by atoms with E-state index in [9.17, 15) is 4.79 Å². The van der Waals surface area contributed by atoms with Crippen molar-refractivity contribution in [1.29, 1.82) is 0 Å². The number of carbonyl (C=O) groups excluding carboxylic acids is 1. The molecule has 0 bridgehead atoms. The van der Waals surface area contributed by atoms with Crippen LogP contribution in [0.25, 0.3) is 0 Å². The third-order valence-electron chi connectivity index (χ3n) is 2.66. The van der Waals surface area contributed by atoms with Crippen LogP contribution in [0.15, 0.2) is 34.0 Å². The Morgan fingerprint density at radius 3 is 3.00 bits per heavy atom. The molecule has 1 amide bonds. The number of benzene rings is 1. The minimum Gasteiger partial charge on any atom is -0.295 e. The summed E-state index contributed by atoms with van der Waals surface area (Å²) in [6.45, 7) is 2.07. The molecule has 0 spiro atoms. The summed E-state index contributed by atoms with van der Waals surface area (Å²) in [6.07, 6.45) is 0. The Balaban J connectivity index is 1.58. The fraction of sp³-hybridized carbons (Fsp3) is 0.154. The van der Waals surface area contributed by atoms with E-state index in [0.29, 0.717) is 5.13 Å². The van der Waals surface area contributed by atoms with Gasteiger partial charge in [0.25, 0.3) is 5.91 Å². The Morgan fingerprint density at radius 1 is 1.32 bits per heavy atom. The maximum absolute atomic E-state index is 11.8.